The molecule has 0 aromatic heterocycles. The number of anilines is 3. The number of methoxy groups -OCH3 is 1. The van der Waals surface area contributed by atoms with E-state index in [1.807, 2.05) is 55.4 Å². The van der Waals surface area contributed by atoms with Gasteiger partial charge in [-0.3, -0.25) is 9.59 Å². The van der Waals surface area contributed by atoms with Gasteiger partial charge in [-0.25, -0.2) is 0 Å². The van der Waals surface area contributed by atoms with Crippen LogP contribution in [0.1, 0.15) is 15.9 Å². The molecule has 0 heterocycles. The van der Waals surface area contributed by atoms with Crippen LogP contribution in [0.5, 0.6) is 5.75 Å². The van der Waals surface area contributed by atoms with Crippen molar-refractivity contribution in [1.82, 2.24) is 0 Å². The summed E-state index contributed by atoms with van der Waals surface area (Å²) in [5, 5.41) is 9.33. The highest BCUT2D eigenvalue weighted by atomic mass is 16.6. The van der Waals surface area contributed by atoms with Gasteiger partial charge in [0, 0.05) is 31.0 Å². The molecule has 0 unspecified atom stereocenters. The molecule has 170 valence electrons. The van der Waals surface area contributed by atoms with Crippen molar-refractivity contribution < 1.29 is 19.2 Å². The van der Waals surface area contributed by atoms with E-state index in [1.54, 1.807) is 49.7 Å². The molecule has 0 aliphatic heterocycles. The lowest BCUT2D eigenvalue weighted by Crippen LogP contribution is -2.17. The second-order valence-corrected chi connectivity index (χ2v) is 7.27. The maximum atomic E-state index is 12.5. The summed E-state index contributed by atoms with van der Waals surface area (Å²) in [5.41, 5.74) is 3.51. The molecule has 3 aromatic rings. The molecule has 0 saturated heterocycles. The first kappa shape index (κ1) is 23.3. The molecular formula is C25H26N4O4. The van der Waals surface area contributed by atoms with Crippen LogP contribution >= 0.6 is 0 Å². The molecule has 0 bridgehead atoms. The summed E-state index contributed by atoms with van der Waals surface area (Å²) in [5.74, 6) is -0.0713. The monoisotopic (exact) mass is 446 g/mol. The minimum atomic E-state index is -0.360. The van der Waals surface area contributed by atoms with E-state index in [2.05, 4.69) is 15.8 Å². The van der Waals surface area contributed by atoms with E-state index >= 15 is 0 Å². The number of nitrogens with one attached hydrogen (secondary N) is 2. The zero-order valence-electron chi connectivity index (χ0n) is 18.7. The molecule has 0 fully saturated rings. The van der Waals surface area contributed by atoms with Crippen molar-refractivity contribution in [3.63, 3.8) is 0 Å². The first-order chi connectivity index (χ1) is 16.0. The predicted octanol–water partition coefficient (Wildman–Crippen LogP) is 4.00. The van der Waals surface area contributed by atoms with Crippen molar-refractivity contribution in [1.29, 1.82) is 0 Å². The fraction of sp³-hybridized carbons (Fsp3) is 0.160. The van der Waals surface area contributed by atoms with Crippen LogP contribution in [0.4, 0.5) is 17.1 Å². The molecule has 2 N–H and O–H groups in total. The number of carbonyl (C=O) groups excluding carboxylic acids is 2. The lowest BCUT2D eigenvalue weighted by atomic mass is 10.2. The van der Waals surface area contributed by atoms with Gasteiger partial charge in [0.1, 0.15) is 5.75 Å². The second-order valence-electron chi connectivity index (χ2n) is 7.27. The summed E-state index contributed by atoms with van der Waals surface area (Å²) in [6.07, 6.45) is 1.54. The summed E-state index contributed by atoms with van der Waals surface area (Å²) in [6.45, 7) is -0.234. The molecule has 0 atom stereocenters. The van der Waals surface area contributed by atoms with E-state index < -0.39 is 0 Å². The van der Waals surface area contributed by atoms with Crippen LogP contribution < -0.4 is 20.3 Å². The number of carbonyl (C=O) groups is 2. The number of para-hydroxylation sites is 2. The average molecular weight is 447 g/mol. The predicted molar refractivity (Wildman–Crippen MR) is 130 cm³/mol. The number of rotatable bonds is 9. The van der Waals surface area contributed by atoms with Gasteiger partial charge in [0.05, 0.1) is 19.0 Å². The SMILES string of the molecule is COc1ccccc1NC(=O)c1ccc(NC(=O)CO/N=C/c2ccc(N(C)C)cc2)cc1. The normalized spacial score (nSPS) is 10.5. The smallest absolute Gasteiger partial charge is 0.265 e. The standard InChI is InChI=1S/C25H26N4O4/c1-29(2)21-14-8-18(9-15-21)16-26-33-17-24(30)27-20-12-10-19(11-13-20)25(31)28-22-6-4-5-7-23(22)32-3/h4-16H,17H2,1-3H3,(H,27,30)(H,28,31)/b26-16+. The Kier molecular flexibility index (Phi) is 8.02. The summed E-state index contributed by atoms with van der Waals surface area (Å²) >= 11 is 0. The van der Waals surface area contributed by atoms with Crippen molar-refractivity contribution in [3.8, 4) is 5.75 Å². The fourth-order valence-corrected chi connectivity index (χ4v) is 2.90. The molecule has 3 aromatic carbocycles. The van der Waals surface area contributed by atoms with Gasteiger partial charge in [0.25, 0.3) is 11.8 Å². The molecule has 0 saturated carbocycles. The Balaban J connectivity index is 1.47. The highest BCUT2D eigenvalue weighted by molar-refractivity contribution is 6.05. The summed E-state index contributed by atoms with van der Waals surface area (Å²) in [4.78, 5) is 31.6. The summed E-state index contributed by atoms with van der Waals surface area (Å²) < 4.78 is 5.24. The number of ether oxygens (including phenoxy) is 1. The van der Waals surface area contributed by atoms with Gasteiger partial charge in [-0.1, -0.05) is 29.4 Å². The highest BCUT2D eigenvalue weighted by Gasteiger charge is 2.10. The van der Waals surface area contributed by atoms with Crippen LogP contribution in [0.3, 0.4) is 0 Å². The van der Waals surface area contributed by atoms with Crippen LogP contribution in [0.2, 0.25) is 0 Å². The number of oxime groups is 1. The number of nitrogens with zero attached hydrogens (tertiary/aromatic N) is 2. The third kappa shape index (κ3) is 6.83. The molecular weight excluding hydrogens is 420 g/mol. The number of amides is 2. The average Bonchev–Trinajstić information content (AvgIpc) is 2.83. The van der Waals surface area contributed by atoms with E-state index in [-0.39, 0.29) is 18.4 Å². The lowest BCUT2D eigenvalue weighted by molar-refractivity contribution is -0.120. The first-order valence-electron chi connectivity index (χ1n) is 10.2. The molecule has 2 amide bonds. The van der Waals surface area contributed by atoms with Gasteiger partial charge in [-0.05, 0) is 54.1 Å². The minimum absolute atomic E-state index is 0.234. The van der Waals surface area contributed by atoms with Gasteiger partial charge in [0.2, 0.25) is 0 Å². The third-order valence-electron chi connectivity index (χ3n) is 4.67. The Bertz CT molecular complexity index is 1110. The Hall–Kier alpha value is -4.33. The number of hydrogen-bond acceptors (Lipinski definition) is 6. The Morgan fingerprint density at radius 3 is 2.30 bits per heavy atom. The molecule has 8 heteroatoms. The third-order valence-corrected chi connectivity index (χ3v) is 4.67. The van der Waals surface area contributed by atoms with Gasteiger partial charge >= 0.3 is 0 Å². The van der Waals surface area contributed by atoms with Gasteiger partial charge in [-0.15, -0.1) is 0 Å². The molecule has 3 rings (SSSR count). The van der Waals surface area contributed by atoms with Gasteiger partial charge < -0.3 is 25.1 Å². The molecule has 0 aliphatic rings. The van der Waals surface area contributed by atoms with Gasteiger partial charge in [-0.2, -0.15) is 0 Å². The fourth-order valence-electron chi connectivity index (χ4n) is 2.90. The Morgan fingerprint density at radius 2 is 1.64 bits per heavy atom. The molecule has 0 aliphatic carbocycles. The minimum Gasteiger partial charge on any atom is -0.495 e. The van der Waals surface area contributed by atoms with Crippen LogP contribution in [0, 0.1) is 0 Å². The second kappa shape index (κ2) is 11.3. The largest absolute Gasteiger partial charge is 0.495 e. The molecule has 0 spiro atoms. The Labute approximate surface area is 192 Å². The zero-order valence-corrected chi connectivity index (χ0v) is 18.7. The zero-order chi connectivity index (χ0) is 23.6. The topological polar surface area (TPSA) is 92.3 Å². The summed E-state index contributed by atoms with van der Waals surface area (Å²) in [6, 6.07) is 21.4. The van der Waals surface area contributed by atoms with Crippen LogP contribution in [0.15, 0.2) is 78.0 Å². The van der Waals surface area contributed by atoms with E-state index in [9.17, 15) is 9.59 Å². The van der Waals surface area contributed by atoms with Crippen molar-refractivity contribution in [2.45, 2.75) is 0 Å². The van der Waals surface area contributed by atoms with E-state index in [1.165, 1.54) is 0 Å². The maximum Gasteiger partial charge on any atom is 0.265 e. The van der Waals surface area contributed by atoms with Crippen molar-refractivity contribution >= 4 is 35.1 Å². The Morgan fingerprint density at radius 1 is 0.939 bits per heavy atom. The van der Waals surface area contributed by atoms with Crippen molar-refractivity contribution in [2.24, 2.45) is 5.16 Å². The molecule has 8 nitrogen and oxygen atoms in total. The van der Waals surface area contributed by atoms with E-state index in [0.29, 0.717) is 22.7 Å². The van der Waals surface area contributed by atoms with Gasteiger partial charge in [0.15, 0.2) is 6.61 Å². The lowest BCUT2D eigenvalue weighted by Gasteiger charge is -2.11. The number of hydrogen-bond donors (Lipinski definition) is 2. The van der Waals surface area contributed by atoms with E-state index in [4.69, 9.17) is 9.57 Å². The first-order valence-corrected chi connectivity index (χ1v) is 10.2. The molecule has 33 heavy (non-hydrogen) atoms. The van der Waals surface area contributed by atoms with Crippen LogP contribution in [0.25, 0.3) is 0 Å². The maximum absolute atomic E-state index is 12.5. The van der Waals surface area contributed by atoms with Crippen LogP contribution in [-0.4, -0.2) is 45.8 Å². The number of benzene rings is 3. The quantitative estimate of drug-likeness (QED) is 0.383. The summed E-state index contributed by atoms with van der Waals surface area (Å²) in [7, 11) is 5.48. The highest BCUT2D eigenvalue weighted by Crippen LogP contribution is 2.23. The van der Waals surface area contributed by atoms with E-state index in [0.717, 1.165) is 11.3 Å². The van der Waals surface area contributed by atoms with Crippen molar-refractivity contribution in [3.05, 3.63) is 83.9 Å². The van der Waals surface area contributed by atoms with Crippen LogP contribution in [-0.2, 0) is 9.63 Å². The van der Waals surface area contributed by atoms with Crippen molar-refractivity contribution in [2.75, 3.05) is 43.3 Å². The molecule has 0 radical (unpaired) electrons.